The van der Waals surface area contributed by atoms with Crippen LogP contribution in [-0.2, 0) is 21.6 Å². The van der Waals surface area contributed by atoms with E-state index in [1.165, 1.54) is 0 Å². The van der Waals surface area contributed by atoms with Crippen molar-refractivity contribution in [1.82, 2.24) is 10.1 Å². The highest BCUT2D eigenvalue weighted by atomic mass is 35.5. The number of ether oxygens (including phenoxy) is 1. The first kappa shape index (κ1) is 15.4. The number of aromatic nitrogens is 2. The molecule has 0 unspecified atom stereocenters. The van der Waals surface area contributed by atoms with Gasteiger partial charge in [0.1, 0.15) is 0 Å². The summed E-state index contributed by atoms with van der Waals surface area (Å²) in [5.74, 6) is 0.532. The minimum Gasteiger partial charge on any atom is -0.457 e. The van der Waals surface area contributed by atoms with Gasteiger partial charge in [0.2, 0.25) is 5.82 Å². The molecule has 2 heterocycles. The van der Waals surface area contributed by atoms with Crippen LogP contribution in [0.3, 0.4) is 0 Å². The van der Waals surface area contributed by atoms with Crippen molar-refractivity contribution in [2.24, 2.45) is 0 Å². The molecule has 0 amide bonds. The second-order valence-corrected chi connectivity index (χ2v) is 6.91. The van der Waals surface area contributed by atoms with Crippen LogP contribution in [0.15, 0.2) is 45.6 Å². The van der Waals surface area contributed by atoms with Gasteiger partial charge in [-0.1, -0.05) is 28.9 Å². The molecule has 3 aromatic rings. The zero-order valence-electron chi connectivity index (χ0n) is 12.6. The number of carbonyl (C=O) groups is 1. The van der Waals surface area contributed by atoms with Gasteiger partial charge in [-0.15, -0.1) is 0 Å². The Kier molecular flexibility index (Phi) is 3.86. The van der Waals surface area contributed by atoms with Gasteiger partial charge < -0.3 is 9.26 Å². The summed E-state index contributed by atoms with van der Waals surface area (Å²) < 4.78 is 10.6. The molecule has 0 N–H and O–H groups in total. The summed E-state index contributed by atoms with van der Waals surface area (Å²) >= 11 is 7.45. The number of carbonyl (C=O) groups excluding carboxylic acids is 1. The number of benzene rings is 1. The average molecular weight is 361 g/mol. The Balaban J connectivity index is 1.43. The number of halogens is 1. The van der Waals surface area contributed by atoms with Gasteiger partial charge in [-0.3, -0.25) is 4.79 Å². The van der Waals surface area contributed by atoms with E-state index >= 15 is 0 Å². The first-order valence-corrected chi connectivity index (χ1v) is 8.78. The highest BCUT2D eigenvalue weighted by Crippen LogP contribution is 2.49. The number of thiophene rings is 1. The lowest BCUT2D eigenvalue weighted by molar-refractivity contribution is -0.148. The zero-order valence-corrected chi connectivity index (χ0v) is 14.1. The maximum atomic E-state index is 12.5. The van der Waals surface area contributed by atoms with Gasteiger partial charge in [0.25, 0.3) is 5.89 Å². The van der Waals surface area contributed by atoms with Crippen molar-refractivity contribution in [2.45, 2.75) is 24.9 Å². The van der Waals surface area contributed by atoms with E-state index in [0.717, 1.165) is 24.0 Å². The molecule has 7 heteroatoms. The number of nitrogens with zero attached hydrogens (tertiary/aromatic N) is 2. The molecule has 1 saturated carbocycles. The van der Waals surface area contributed by atoms with Crippen LogP contribution in [-0.4, -0.2) is 16.1 Å². The van der Waals surface area contributed by atoms with E-state index in [0.29, 0.717) is 16.7 Å². The topological polar surface area (TPSA) is 65.2 Å². The smallest absolute Gasteiger partial charge is 0.317 e. The van der Waals surface area contributed by atoms with Crippen LogP contribution in [0.2, 0.25) is 5.02 Å². The number of hydrogen-bond donors (Lipinski definition) is 0. The molecule has 1 aliphatic carbocycles. The van der Waals surface area contributed by atoms with Gasteiger partial charge in [-0.05, 0) is 42.0 Å². The predicted molar refractivity (Wildman–Crippen MR) is 89.8 cm³/mol. The molecule has 0 saturated heterocycles. The van der Waals surface area contributed by atoms with Crippen molar-refractivity contribution in [3.8, 4) is 11.5 Å². The average Bonchev–Trinajstić information content (AvgIpc) is 3.00. The third-order valence-corrected chi connectivity index (χ3v) is 5.04. The Morgan fingerprint density at radius 3 is 2.75 bits per heavy atom. The number of esters is 1. The van der Waals surface area contributed by atoms with E-state index in [4.69, 9.17) is 20.9 Å². The lowest BCUT2D eigenvalue weighted by Gasteiger charge is -2.14. The molecular weight excluding hydrogens is 348 g/mol. The summed E-state index contributed by atoms with van der Waals surface area (Å²) in [5, 5.41) is 8.36. The van der Waals surface area contributed by atoms with Gasteiger partial charge in [0.05, 0.1) is 11.0 Å². The molecule has 122 valence electrons. The summed E-state index contributed by atoms with van der Waals surface area (Å²) in [7, 11) is 0. The van der Waals surface area contributed by atoms with Crippen LogP contribution in [0.5, 0.6) is 0 Å². The summed E-state index contributed by atoms with van der Waals surface area (Å²) in [4.78, 5) is 16.7. The highest BCUT2D eigenvalue weighted by Gasteiger charge is 2.52. The van der Waals surface area contributed by atoms with Crippen molar-refractivity contribution in [3.05, 3.63) is 57.5 Å². The summed E-state index contributed by atoms with van der Waals surface area (Å²) in [5.41, 5.74) is 1.25. The Labute approximate surface area is 147 Å². The largest absolute Gasteiger partial charge is 0.457 e. The quantitative estimate of drug-likeness (QED) is 0.637. The SMILES string of the molecule is O=C(OCc1noc(-c2ccsc2)n1)C1(c2ccc(Cl)cc2)CC1. The zero-order chi connectivity index (χ0) is 16.6. The second kappa shape index (κ2) is 6.03. The number of rotatable bonds is 5. The fourth-order valence-corrected chi connectivity index (χ4v) is 3.34. The van der Waals surface area contributed by atoms with Crippen LogP contribution in [0.1, 0.15) is 24.2 Å². The van der Waals surface area contributed by atoms with Crippen molar-refractivity contribution in [3.63, 3.8) is 0 Å². The molecule has 4 rings (SSSR count). The van der Waals surface area contributed by atoms with Crippen LogP contribution >= 0.6 is 22.9 Å². The van der Waals surface area contributed by atoms with E-state index in [-0.39, 0.29) is 12.6 Å². The van der Waals surface area contributed by atoms with Gasteiger partial charge in [0, 0.05) is 10.4 Å². The third kappa shape index (κ3) is 2.83. The van der Waals surface area contributed by atoms with Gasteiger partial charge in [-0.2, -0.15) is 16.3 Å². The summed E-state index contributed by atoms with van der Waals surface area (Å²) in [6, 6.07) is 9.22. The van der Waals surface area contributed by atoms with Crippen LogP contribution < -0.4 is 0 Å². The Hall–Kier alpha value is -2.18. The van der Waals surface area contributed by atoms with E-state index in [9.17, 15) is 4.79 Å². The highest BCUT2D eigenvalue weighted by molar-refractivity contribution is 7.08. The van der Waals surface area contributed by atoms with Crippen molar-refractivity contribution >= 4 is 28.9 Å². The standard InChI is InChI=1S/C17H13ClN2O3S/c18-13-3-1-12(2-4-13)17(6-7-17)16(21)22-9-14-19-15(23-20-14)11-5-8-24-10-11/h1-5,8,10H,6-7,9H2. The molecule has 0 atom stereocenters. The maximum absolute atomic E-state index is 12.5. The molecule has 2 aromatic heterocycles. The number of hydrogen-bond acceptors (Lipinski definition) is 6. The van der Waals surface area contributed by atoms with E-state index in [1.807, 2.05) is 29.0 Å². The Bertz CT molecular complexity index is 854. The van der Waals surface area contributed by atoms with Gasteiger partial charge in [-0.25, -0.2) is 0 Å². The molecule has 1 aliphatic rings. The monoisotopic (exact) mass is 360 g/mol. The predicted octanol–water partition coefficient (Wildman–Crippen LogP) is 4.23. The first-order chi connectivity index (χ1) is 11.7. The second-order valence-electron chi connectivity index (χ2n) is 5.69. The van der Waals surface area contributed by atoms with Crippen LogP contribution in [0.4, 0.5) is 0 Å². The van der Waals surface area contributed by atoms with E-state index in [2.05, 4.69) is 10.1 Å². The Morgan fingerprint density at radius 1 is 1.29 bits per heavy atom. The fourth-order valence-electron chi connectivity index (χ4n) is 2.59. The molecule has 0 aliphatic heterocycles. The molecule has 0 radical (unpaired) electrons. The molecular formula is C17H13ClN2O3S. The lowest BCUT2D eigenvalue weighted by Crippen LogP contribution is -2.23. The Morgan fingerprint density at radius 2 is 2.08 bits per heavy atom. The molecule has 24 heavy (non-hydrogen) atoms. The van der Waals surface area contributed by atoms with Crippen molar-refractivity contribution in [2.75, 3.05) is 0 Å². The summed E-state index contributed by atoms with van der Waals surface area (Å²) in [6.07, 6.45) is 1.56. The van der Waals surface area contributed by atoms with Gasteiger partial charge >= 0.3 is 5.97 Å². The van der Waals surface area contributed by atoms with Gasteiger partial charge in [0.15, 0.2) is 6.61 Å². The van der Waals surface area contributed by atoms with E-state index < -0.39 is 5.41 Å². The lowest BCUT2D eigenvalue weighted by atomic mass is 9.96. The van der Waals surface area contributed by atoms with Crippen molar-refractivity contribution < 1.29 is 14.1 Å². The first-order valence-electron chi connectivity index (χ1n) is 7.46. The molecule has 5 nitrogen and oxygen atoms in total. The van der Waals surface area contributed by atoms with Crippen molar-refractivity contribution in [1.29, 1.82) is 0 Å². The molecule has 1 aromatic carbocycles. The summed E-state index contributed by atoms with van der Waals surface area (Å²) in [6.45, 7) is 0.00180. The molecule has 0 bridgehead atoms. The van der Waals surface area contributed by atoms with Crippen LogP contribution in [0.25, 0.3) is 11.5 Å². The maximum Gasteiger partial charge on any atom is 0.317 e. The molecule has 1 fully saturated rings. The van der Waals surface area contributed by atoms with Crippen LogP contribution in [0, 0.1) is 0 Å². The minimum absolute atomic E-state index is 0.00180. The van der Waals surface area contributed by atoms with E-state index in [1.54, 1.807) is 23.5 Å². The fraction of sp³-hybridized carbons (Fsp3) is 0.235. The molecule has 0 spiro atoms. The minimum atomic E-state index is -0.551. The third-order valence-electron chi connectivity index (χ3n) is 4.11. The normalized spacial score (nSPS) is 15.2.